The Labute approximate surface area is 200 Å². The quantitative estimate of drug-likeness (QED) is 0.259. The van der Waals surface area contributed by atoms with Gasteiger partial charge in [0.15, 0.2) is 0 Å². The summed E-state index contributed by atoms with van der Waals surface area (Å²) in [6, 6.07) is 42.5. The molecule has 0 aromatic heterocycles. The predicted octanol–water partition coefficient (Wildman–Crippen LogP) is 8.33. The molecule has 5 aromatic carbocycles. The number of nitrogens with one attached hydrogen (secondary N) is 1. The van der Waals surface area contributed by atoms with Gasteiger partial charge in [-0.1, -0.05) is 91.0 Å². The highest BCUT2D eigenvalue weighted by Crippen LogP contribution is 2.39. The van der Waals surface area contributed by atoms with Crippen LogP contribution in [0.15, 0.2) is 121 Å². The largest absolute Gasteiger partial charge is 0.380 e. The van der Waals surface area contributed by atoms with Gasteiger partial charge in [0.05, 0.1) is 6.04 Å². The fraction of sp³-hybridized carbons (Fsp3) is 0.0303. The molecule has 34 heavy (non-hydrogen) atoms. The number of fused-ring (bicyclic) bond motifs is 13. The van der Waals surface area contributed by atoms with Crippen molar-refractivity contribution in [1.82, 2.24) is 5.32 Å². The van der Waals surface area contributed by atoms with Gasteiger partial charge in [0.25, 0.3) is 0 Å². The molecule has 8 bridgehead atoms. The van der Waals surface area contributed by atoms with Gasteiger partial charge in [0, 0.05) is 0 Å². The molecule has 0 fully saturated rings. The topological polar surface area (TPSA) is 12.0 Å². The Morgan fingerprint density at radius 1 is 0.471 bits per heavy atom. The second-order valence-corrected chi connectivity index (χ2v) is 9.11. The molecule has 0 saturated carbocycles. The summed E-state index contributed by atoms with van der Waals surface area (Å²) in [5, 5.41) is 3.63. The minimum absolute atomic E-state index is 0.112. The van der Waals surface area contributed by atoms with Gasteiger partial charge in [-0.05, 0) is 97.7 Å². The summed E-state index contributed by atoms with van der Waals surface area (Å²) in [5.41, 5.74) is 13.8. The average Bonchev–Trinajstić information content (AvgIpc) is 2.92. The van der Waals surface area contributed by atoms with Crippen molar-refractivity contribution in [3.05, 3.63) is 138 Å². The third-order valence-corrected chi connectivity index (χ3v) is 7.08. The number of rotatable bonds is 0. The molecule has 7 rings (SSSR count). The molecule has 0 spiro atoms. The molecule has 0 radical (unpaired) electrons. The van der Waals surface area contributed by atoms with E-state index >= 15 is 0 Å². The van der Waals surface area contributed by atoms with Crippen LogP contribution in [0.2, 0.25) is 0 Å². The van der Waals surface area contributed by atoms with Crippen molar-refractivity contribution in [3.8, 4) is 44.5 Å². The average molecular weight is 434 g/mol. The maximum atomic E-state index is 3.63. The molecule has 1 atom stereocenters. The number of benzene rings is 5. The predicted molar refractivity (Wildman–Crippen MR) is 142 cm³/mol. The highest BCUT2D eigenvalue weighted by atomic mass is 14.9. The summed E-state index contributed by atoms with van der Waals surface area (Å²) in [4.78, 5) is 0. The van der Waals surface area contributed by atoms with E-state index in [1.165, 1.54) is 61.2 Å². The molecular weight excluding hydrogens is 410 g/mol. The van der Waals surface area contributed by atoms with E-state index in [0.717, 1.165) is 0 Å². The molecule has 1 aliphatic heterocycles. The first-order valence-corrected chi connectivity index (χ1v) is 11.8. The second kappa shape index (κ2) is 7.60. The van der Waals surface area contributed by atoms with Crippen LogP contribution < -0.4 is 5.32 Å². The highest BCUT2D eigenvalue weighted by Gasteiger charge is 2.21. The summed E-state index contributed by atoms with van der Waals surface area (Å²) in [5.74, 6) is 0. The van der Waals surface area contributed by atoms with E-state index in [-0.39, 0.29) is 6.04 Å². The SMILES string of the molecule is C1=Cc2ccc3cc2C(N1)c1cccc(c1)-c1cccc(c1)-c1cccc(c1)-c1ccccc1-3. The Balaban J connectivity index is 1.57. The van der Waals surface area contributed by atoms with Crippen LogP contribution in [0.3, 0.4) is 0 Å². The van der Waals surface area contributed by atoms with Gasteiger partial charge >= 0.3 is 0 Å². The molecule has 1 N–H and O–H groups in total. The van der Waals surface area contributed by atoms with Gasteiger partial charge in [-0.15, -0.1) is 0 Å². The van der Waals surface area contributed by atoms with Crippen LogP contribution in [0.1, 0.15) is 22.7 Å². The summed E-state index contributed by atoms with van der Waals surface area (Å²) >= 11 is 0. The third kappa shape index (κ3) is 3.09. The Hall–Kier alpha value is -4.36. The van der Waals surface area contributed by atoms with Crippen molar-refractivity contribution >= 4 is 6.08 Å². The molecule has 2 aliphatic rings. The van der Waals surface area contributed by atoms with Crippen LogP contribution in [0.25, 0.3) is 50.6 Å². The lowest BCUT2D eigenvalue weighted by Gasteiger charge is -2.25. The second-order valence-electron chi connectivity index (χ2n) is 9.11. The Morgan fingerprint density at radius 3 is 1.79 bits per heavy atom. The van der Waals surface area contributed by atoms with Crippen LogP contribution in [0.4, 0.5) is 0 Å². The van der Waals surface area contributed by atoms with Gasteiger partial charge in [0.1, 0.15) is 0 Å². The summed E-state index contributed by atoms with van der Waals surface area (Å²) in [6.45, 7) is 0. The minimum atomic E-state index is 0.112. The fourth-order valence-electron chi connectivity index (χ4n) is 5.37. The molecule has 1 unspecified atom stereocenters. The maximum absolute atomic E-state index is 3.63. The number of hydrogen-bond acceptors (Lipinski definition) is 1. The first kappa shape index (κ1) is 19.1. The molecule has 0 saturated heterocycles. The zero-order chi connectivity index (χ0) is 22.5. The molecule has 1 nitrogen and oxygen atoms in total. The standard InChI is InChI=1S/C33H23N/c1-2-13-31-28-15-14-22-16-17-34-33(32(22)21-28)29-11-5-9-26(20-29)24-7-3-6-23(18-24)25-8-4-10-27(19-25)30(31)12-1/h1-21,33-34H. The lowest BCUT2D eigenvalue weighted by Crippen LogP contribution is -2.20. The van der Waals surface area contributed by atoms with E-state index in [4.69, 9.17) is 0 Å². The molecule has 5 aromatic rings. The van der Waals surface area contributed by atoms with E-state index in [9.17, 15) is 0 Å². The first-order chi connectivity index (χ1) is 16.8. The first-order valence-electron chi connectivity index (χ1n) is 11.8. The molecular formula is C33H23N. The van der Waals surface area contributed by atoms with E-state index in [1.54, 1.807) is 0 Å². The van der Waals surface area contributed by atoms with Crippen molar-refractivity contribution < 1.29 is 0 Å². The Morgan fingerprint density at radius 2 is 1.06 bits per heavy atom. The zero-order valence-corrected chi connectivity index (χ0v) is 18.7. The van der Waals surface area contributed by atoms with Crippen molar-refractivity contribution in [2.75, 3.05) is 0 Å². The third-order valence-electron chi connectivity index (χ3n) is 7.08. The molecule has 1 aliphatic carbocycles. The smallest absolute Gasteiger partial charge is 0.0768 e. The van der Waals surface area contributed by atoms with Gasteiger partial charge in [0.2, 0.25) is 0 Å². The van der Waals surface area contributed by atoms with Crippen molar-refractivity contribution in [3.63, 3.8) is 0 Å². The zero-order valence-electron chi connectivity index (χ0n) is 18.7. The molecule has 1 heteroatoms. The van der Waals surface area contributed by atoms with Gasteiger partial charge in [-0.25, -0.2) is 0 Å². The lowest BCUT2D eigenvalue weighted by molar-refractivity contribution is 0.721. The summed E-state index contributed by atoms with van der Waals surface area (Å²) in [7, 11) is 0. The normalized spacial score (nSPS) is 14.9. The Kier molecular flexibility index (Phi) is 4.28. The molecule has 1 heterocycles. The van der Waals surface area contributed by atoms with Crippen molar-refractivity contribution in [1.29, 1.82) is 0 Å². The van der Waals surface area contributed by atoms with E-state index in [1.807, 2.05) is 0 Å². The van der Waals surface area contributed by atoms with Gasteiger partial charge in [-0.3, -0.25) is 0 Å². The van der Waals surface area contributed by atoms with Gasteiger partial charge in [-0.2, -0.15) is 0 Å². The summed E-state index contributed by atoms with van der Waals surface area (Å²) in [6.07, 6.45) is 4.25. The highest BCUT2D eigenvalue weighted by molar-refractivity contribution is 5.86. The van der Waals surface area contributed by atoms with Crippen molar-refractivity contribution in [2.45, 2.75) is 6.04 Å². The van der Waals surface area contributed by atoms with Crippen LogP contribution in [0, 0.1) is 0 Å². The van der Waals surface area contributed by atoms with Crippen LogP contribution in [0.5, 0.6) is 0 Å². The van der Waals surface area contributed by atoms with Crippen LogP contribution in [-0.2, 0) is 0 Å². The lowest BCUT2D eigenvalue weighted by atomic mass is 9.87. The fourth-order valence-corrected chi connectivity index (χ4v) is 5.37. The Bertz CT molecular complexity index is 1590. The van der Waals surface area contributed by atoms with E-state index in [0.29, 0.717) is 0 Å². The maximum Gasteiger partial charge on any atom is 0.0768 e. The van der Waals surface area contributed by atoms with Crippen LogP contribution >= 0.6 is 0 Å². The minimum Gasteiger partial charge on any atom is -0.380 e. The van der Waals surface area contributed by atoms with Crippen LogP contribution in [-0.4, -0.2) is 0 Å². The monoisotopic (exact) mass is 433 g/mol. The number of hydrogen-bond donors (Lipinski definition) is 1. The van der Waals surface area contributed by atoms with Crippen molar-refractivity contribution in [2.24, 2.45) is 0 Å². The van der Waals surface area contributed by atoms with E-state index in [2.05, 4.69) is 133 Å². The summed E-state index contributed by atoms with van der Waals surface area (Å²) < 4.78 is 0. The van der Waals surface area contributed by atoms with Gasteiger partial charge < -0.3 is 5.32 Å². The molecule has 160 valence electrons. The molecule has 0 amide bonds. The van der Waals surface area contributed by atoms with E-state index < -0.39 is 0 Å².